The minimum absolute atomic E-state index is 0.740. The Hall–Kier alpha value is -0.900. The van der Waals surface area contributed by atoms with E-state index in [1.807, 2.05) is 30.9 Å². The monoisotopic (exact) mass is 239 g/mol. The number of aromatic nitrogens is 1. The first kappa shape index (κ1) is 13.2. The fourth-order valence-electron chi connectivity index (χ4n) is 1.49. The molecule has 1 rings (SSSR count). The lowest BCUT2D eigenvalue weighted by atomic mass is 10.2. The molecule has 1 aromatic heterocycles. The van der Waals surface area contributed by atoms with Crippen molar-refractivity contribution in [2.75, 3.05) is 29.6 Å². The van der Waals surface area contributed by atoms with Gasteiger partial charge < -0.3 is 11.1 Å². The van der Waals surface area contributed by atoms with E-state index in [0.717, 1.165) is 23.6 Å². The van der Waals surface area contributed by atoms with E-state index in [4.69, 9.17) is 5.73 Å². The summed E-state index contributed by atoms with van der Waals surface area (Å²) in [5, 5.41) is 3.27. The van der Waals surface area contributed by atoms with Crippen molar-refractivity contribution >= 4 is 23.3 Å². The van der Waals surface area contributed by atoms with E-state index in [1.54, 1.807) is 0 Å². The molecule has 0 fully saturated rings. The van der Waals surface area contributed by atoms with Gasteiger partial charge in [0.05, 0.1) is 5.69 Å². The first-order valence-electron chi connectivity index (χ1n) is 5.69. The molecule has 0 unspecified atom stereocenters. The van der Waals surface area contributed by atoms with Crippen LogP contribution in [0.25, 0.3) is 0 Å². The average Bonchev–Trinajstić information content (AvgIpc) is 2.26. The fourth-order valence-corrected chi connectivity index (χ4v) is 1.99. The second-order valence-corrected chi connectivity index (χ2v) is 4.92. The van der Waals surface area contributed by atoms with Crippen molar-refractivity contribution in [2.24, 2.45) is 0 Å². The van der Waals surface area contributed by atoms with E-state index in [9.17, 15) is 0 Å². The lowest BCUT2D eigenvalue weighted by Crippen LogP contribution is -2.06. The zero-order chi connectivity index (χ0) is 11.8. The molecule has 0 aromatic carbocycles. The van der Waals surface area contributed by atoms with Gasteiger partial charge in [0.15, 0.2) is 0 Å². The molecule has 16 heavy (non-hydrogen) atoms. The predicted octanol–water partition coefficient (Wildman–Crippen LogP) is 2.92. The Morgan fingerprint density at radius 2 is 2.19 bits per heavy atom. The lowest BCUT2D eigenvalue weighted by Gasteiger charge is -2.08. The summed E-state index contributed by atoms with van der Waals surface area (Å²) < 4.78 is 0. The van der Waals surface area contributed by atoms with Crippen molar-refractivity contribution in [2.45, 2.75) is 26.2 Å². The maximum Gasteiger partial charge on any atom is 0.149 e. The third kappa shape index (κ3) is 4.75. The number of aryl methyl sites for hydroxylation is 1. The van der Waals surface area contributed by atoms with Gasteiger partial charge in [-0.15, -0.1) is 0 Å². The molecule has 4 heteroatoms. The third-order valence-corrected chi connectivity index (χ3v) is 3.07. The predicted molar refractivity (Wildman–Crippen MR) is 74.1 cm³/mol. The van der Waals surface area contributed by atoms with Gasteiger partial charge >= 0.3 is 0 Å². The topological polar surface area (TPSA) is 50.9 Å². The first-order valence-corrected chi connectivity index (χ1v) is 7.08. The van der Waals surface area contributed by atoms with Crippen molar-refractivity contribution in [3.8, 4) is 0 Å². The standard InChI is InChI=1S/C12H21N3S/c1-10-8-11(13)12(15-9-10)14-6-4-3-5-7-16-2/h8-9H,3-7,13H2,1-2H3,(H,14,15). The van der Waals surface area contributed by atoms with Crippen LogP contribution in [0.5, 0.6) is 0 Å². The van der Waals surface area contributed by atoms with E-state index in [2.05, 4.69) is 16.6 Å². The fraction of sp³-hybridized carbons (Fsp3) is 0.583. The van der Waals surface area contributed by atoms with E-state index >= 15 is 0 Å². The minimum Gasteiger partial charge on any atom is -0.396 e. The molecule has 90 valence electrons. The lowest BCUT2D eigenvalue weighted by molar-refractivity contribution is 0.748. The highest BCUT2D eigenvalue weighted by atomic mass is 32.2. The van der Waals surface area contributed by atoms with Crippen LogP contribution < -0.4 is 11.1 Å². The number of thioether (sulfide) groups is 1. The Morgan fingerprint density at radius 3 is 2.88 bits per heavy atom. The Morgan fingerprint density at radius 1 is 1.38 bits per heavy atom. The minimum atomic E-state index is 0.740. The largest absolute Gasteiger partial charge is 0.396 e. The number of nitrogens with one attached hydrogen (secondary N) is 1. The highest BCUT2D eigenvalue weighted by molar-refractivity contribution is 7.98. The van der Waals surface area contributed by atoms with E-state index < -0.39 is 0 Å². The van der Waals surface area contributed by atoms with E-state index in [-0.39, 0.29) is 0 Å². The molecule has 1 heterocycles. The average molecular weight is 239 g/mol. The molecular formula is C12H21N3S. The number of nitrogens with two attached hydrogens (primary N) is 1. The van der Waals surface area contributed by atoms with Crippen molar-refractivity contribution in [1.82, 2.24) is 4.98 Å². The van der Waals surface area contributed by atoms with Gasteiger partial charge in [0.1, 0.15) is 5.82 Å². The molecule has 0 bridgehead atoms. The maximum absolute atomic E-state index is 5.86. The number of pyridine rings is 1. The highest BCUT2D eigenvalue weighted by Gasteiger charge is 1.99. The Kier molecular flexibility index (Phi) is 6.08. The number of unbranched alkanes of at least 4 members (excludes halogenated alkanes) is 2. The zero-order valence-electron chi connectivity index (χ0n) is 10.1. The summed E-state index contributed by atoms with van der Waals surface area (Å²) in [6.07, 6.45) is 7.72. The van der Waals surface area contributed by atoms with Crippen LogP contribution in [-0.4, -0.2) is 23.5 Å². The third-order valence-electron chi connectivity index (χ3n) is 2.37. The summed E-state index contributed by atoms with van der Waals surface area (Å²) in [6, 6.07) is 1.95. The van der Waals surface area contributed by atoms with Crippen LogP contribution in [0.1, 0.15) is 24.8 Å². The summed E-state index contributed by atoms with van der Waals surface area (Å²) in [4.78, 5) is 4.27. The number of nitrogen functional groups attached to an aromatic ring is 1. The summed E-state index contributed by atoms with van der Waals surface area (Å²) in [7, 11) is 0. The number of nitrogens with zero attached hydrogens (tertiary/aromatic N) is 1. The van der Waals surface area contributed by atoms with Gasteiger partial charge in [-0.05, 0) is 43.4 Å². The SMILES string of the molecule is CSCCCCCNc1ncc(C)cc1N. The first-order chi connectivity index (χ1) is 7.74. The molecule has 0 aliphatic carbocycles. The summed E-state index contributed by atoms with van der Waals surface area (Å²) in [5.41, 5.74) is 7.70. The van der Waals surface area contributed by atoms with Crippen molar-refractivity contribution in [1.29, 1.82) is 0 Å². The zero-order valence-corrected chi connectivity index (χ0v) is 10.9. The number of anilines is 2. The molecule has 0 atom stereocenters. The van der Waals surface area contributed by atoms with Crippen LogP contribution in [0.15, 0.2) is 12.3 Å². The van der Waals surface area contributed by atoms with Gasteiger partial charge in [0, 0.05) is 12.7 Å². The molecule has 0 spiro atoms. The van der Waals surface area contributed by atoms with Gasteiger partial charge in [0.25, 0.3) is 0 Å². The van der Waals surface area contributed by atoms with E-state index in [0.29, 0.717) is 0 Å². The normalized spacial score (nSPS) is 10.4. The van der Waals surface area contributed by atoms with Gasteiger partial charge in [-0.25, -0.2) is 4.98 Å². The molecule has 3 N–H and O–H groups in total. The second kappa shape index (κ2) is 7.39. The molecule has 0 saturated heterocycles. The van der Waals surface area contributed by atoms with E-state index in [1.165, 1.54) is 25.0 Å². The number of hydrogen-bond acceptors (Lipinski definition) is 4. The summed E-state index contributed by atoms with van der Waals surface area (Å²) >= 11 is 1.91. The second-order valence-electron chi connectivity index (χ2n) is 3.93. The quantitative estimate of drug-likeness (QED) is 0.718. The molecule has 0 saturated carbocycles. The molecule has 1 aromatic rings. The van der Waals surface area contributed by atoms with Crippen molar-refractivity contribution < 1.29 is 0 Å². The number of hydrogen-bond donors (Lipinski definition) is 2. The van der Waals surface area contributed by atoms with Crippen LogP contribution in [0.2, 0.25) is 0 Å². The van der Waals surface area contributed by atoms with Crippen molar-refractivity contribution in [3.05, 3.63) is 17.8 Å². The molecule has 3 nitrogen and oxygen atoms in total. The van der Waals surface area contributed by atoms with Crippen LogP contribution >= 0.6 is 11.8 Å². The highest BCUT2D eigenvalue weighted by Crippen LogP contribution is 2.15. The molecule has 0 radical (unpaired) electrons. The van der Waals surface area contributed by atoms with Crippen LogP contribution in [0.4, 0.5) is 11.5 Å². The molecule has 0 amide bonds. The summed E-state index contributed by atoms with van der Waals surface area (Å²) in [6.45, 7) is 2.95. The van der Waals surface area contributed by atoms with Crippen LogP contribution in [-0.2, 0) is 0 Å². The van der Waals surface area contributed by atoms with Crippen LogP contribution in [0, 0.1) is 6.92 Å². The number of rotatable bonds is 7. The maximum atomic E-state index is 5.86. The Labute approximate surface area is 102 Å². The van der Waals surface area contributed by atoms with Gasteiger partial charge in [-0.1, -0.05) is 6.42 Å². The Balaban J connectivity index is 2.21. The van der Waals surface area contributed by atoms with Crippen molar-refractivity contribution in [3.63, 3.8) is 0 Å². The Bertz CT molecular complexity index is 315. The summed E-state index contributed by atoms with van der Waals surface area (Å²) in [5.74, 6) is 2.07. The van der Waals surface area contributed by atoms with Gasteiger partial charge in [-0.3, -0.25) is 0 Å². The van der Waals surface area contributed by atoms with Gasteiger partial charge in [0.2, 0.25) is 0 Å². The molecular weight excluding hydrogens is 218 g/mol. The molecule has 0 aliphatic heterocycles. The van der Waals surface area contributed by atoms with Gasteiger partial charge in [-0.2, -0.15) is 11.8 Å². The van der Waals surface area contributed by atoms with Crippen LogP contribution in [0.3, 0.4) is 0 Å². The smallest absolute Gasteiger partial charge is 0.149 e. The molecule has 0 aliphatic rings.